The molecule has 1 amide bonds. The van der Waals surface area contributed by atoms with Crippen LogP contribution in [0.4, 0.5) is 0 Å². The van der Waals surface area contributed by atoms with Crippen LogP contribution in [-0.4, -0.2) is 47.7 Å². The number of carbonyl (C=O) groups excluding carboxylic acids is 2. The number of methoxy groups -OCH3 is 1. The first-order valence-corrected chi connectivity index (χ1v) is 6.27. The molecular weight excluding hydrogens is 230 g/mol. The van der Waals surface area contributed by atoms with E-state index in [9.17, 15) is 14.7 Å². The van der Waals surface area contributed by atoms with Crippen molar-refractivity contribution in [2.24, 2.45) is 0 Å². The van der Waals surface area contributed by atoms with Gasteiger partial charge in [0.05, 0.1) is 13.2 Å². The van der Waals surface area contributed by atoms with E-state index < -0.39 is 12.0 Å². The van der Waals surface area contributed by atoms with Crippen LogP contribution in [0.5, 0.6) is 0 Å². The quantitative estimate of drug-likeness (QED) is 0.629. The Balaban J connectivity index is 4.01. The van der Waals surface area contributed by atoms with Gasteiger partial charge in [-0.1, -0.05) is 6.92 Å². The molecular formula is C10H19NO4S. The third kappa shape index (κ3) is 6.68. The second kappa shape index (κ2) is 8.41. The van der Waals surface area contributed by atoms with Crippen LogP contribution in [0.3, 0.4) is 0 Å². The standard InChI is InChI=1S/C10H19NO4S/c1-4-8(13)5-16-6-9(10(14)15-3)11-7(2)12/h8-9,13H,4-6H2,1-3H3,(H,11,12). The first-order valence-electron chi connectivity index (χ1n) is 5.12. The Labute approximate surface area is 99.9 Å². The van der Waals surface area contributed by atoms with Crippen LogP contribution in [0, 0.1) is 0 Å². The molecule has 0 aromatic rings. The first-order chi connectivity index (χ1) is 7.51. The fourth-order valence-corrected chi connectivity index (χ4v) is 2.10. The van der Waals surface area contributed by atoms with E-state index in [0.29, 0.717) is 17.9 Å². The molecule has 94 valence electrons. The molecule has 0 aromatic carbocycles. The molecule has 0 aliphatic rings. The van der Waals surface area contributed by atoms with Crippen molar-refractivity contribution < 1.29 is 19.4 Å². The number of carbonyl (C=O) groups is 2. The number of aliphatic hydroxyl groups is 1. The van der Waals surface area contributed by atoms with E-state index >= 15 is 0 Å². The van der Waals surface area contributed by atoms with Crippen molar-refractivity contribution in [2.45, 2.75) is 32.4 Å². The lowest BCUT2D eigenvalue weighted by molar-refractivity contribution is -0.144. The molecule has 16 heavy (non-hydrogen) atoms. The lowest BCUT2D eigenvalue weighted by Crippen LogP contribution is -2.42. The maximum absolute atomic E-state index is 11.3. The minimum absolute atomic E-state index is 0.271. The molecule has 0 aromatic heterocycles. The summed E-state index contributed by atoms with van der Waals surface area (Å²) >= 11 is 1.41. The normalized spacial score (nSPS) is 14.0. The molecule has 2 atom stereocenters. The van der Waals surface area contributed by atoms with Crippen LogP contribution >= 0.6 is 11.8 Å². The Morgan fingerprint density at radius 1 is 1.44 bits per heavy atom. The largest absolute Gasteiger partial charge is 0.467 e. The molecule has 0 rings (SSSR count). The number of amides is 1. The molecule has 0 fully saturated rings. The van der Waals surface area contributed by atoms with Crippen LogP contribution in [0.15, 0.2) is 0 Å². The van der Waals surface area contributed by atoms with E-state index in [1.165, 1.54) is 25.8 Å². The van der Waals surface area contributed by atoms with Gasteiger partial charge in [-0.2, -0.15) is 11.8 Å². The smallest absolute Gasteiger partial charge is 0.329 e. The number of esters is 1. The van der Waals surface area contributed by atoms with Crippen molar-refractivity contribution >= 4 is 23.6 Å². The third-order valence-corrected chi connectivity index (χ3v) is 3.12. The lowest BCUT2D eigenvalue weighted by Gasteiger charge is -2.15. The van der Waals surface area contributed by atoms with Gasteiger partial charge in [-0.05, 0) is 6.42 Å². The summed E-state index contributed by atoms with van der Waals surface area (Å²) in [7, 11) is 1.28. The van der Waals surface area contributed by atoms with Gasteiger partial charge in [0, 0.05) is 18.4 Å². The van der Waals surface area contributed by atoms with Crippen LogP contribution in [0.25, 0.3) is 0 Å². The fourth-order valence-electron chi connectivity index (χ4n) is 0.996. The highest BCUT2D eigenvalue weighted by Gasteiger charge is 2.20. The number of hydrogen-bond acceptors (Lipinski definition) is 5. The van der Waals surface area contributed by atoms with E-state index in [2.05, 4.69) is 10.1 Å². The summed E-state index contributed by atoms with van der Waals surface area (Å²) in [6.07, 6.45) is 0.302. The predicted molar refractivity (Wildman–Crippen MR) is 63.2 cm³/mol. The summed E-state index contributed by atoms with van der Waals surface area (Å²) in [6.45, 7) is 3.23. The summed E-state index contributed by atoms with van der Waals surface area (Å²) in [5.74, 6) is 0.216. The van der Waals surface area contributed by atoms with Crippen molar-refractivity contribution in [3.63, 3.8) is 0 Å². The highest BCUT2D eigenvalue weighted by atomic mass is 32.2. The van der Waals surface area contributed by atoms with E-state index in [4.69, 9.17) is 0 Å². The zero-order valence-electron chi connectivity index (χ0n) is 9.86. The monoisotopic (exact) mass is 249 g/mol. The molecule has 0 aliphatic heterocycles. The van der Waals surface area contributed by atoms with Crippen molar-refractivity contribution in [3.8, 4) is 0 Å². The van der Waals surface area contributed by atoms with Crippen molar-refractivity contribution in [1.82, 2.24) is 5.32 Å². The van der Waals surface area contributed by atoms with Crippen molar-refractivity contribution in [3.05, 3.63) is 0 Å². The number of hydrogen-bond donors (Lipinski definition) is 2. The first kappa shape index (κ1) is 15.2. The van der Waals surface area contributed by atoms with E-state index in [1.54, 1.807) is 0 Å². The van der Waals surface area contributed by atoms with Crippen LogP contribution in [0.2, 0.25) is 0 Å². The van der Waals surface area contributed by atoms with Crippen LogP contribution in [0.1, 0.15) is 20.3 Å². The number of nitrogens with one attached hydrogen (secondary N) is 1. The number of rotatable bonds is 7. The lowest BCUT2D eigenvalue weighted by atomic mass is 10.3. The third-order valence-electron chi connectivity index (χ3n) is 1.93. The summed E-state index contributed by atoms with van der Waals surface area (Å²) in [4.78, 5) is 22.1. The highest BCUT2D eigenvalue weighted by Crippen LogP contribution is 2.08. The average molecular weight is 249 g/mol. The van der Waals surface area contributed by atoms with Crippen LogP contribution in [-0.2, 0) is 14.3 Å². The van der Waals surface area contributed by atoms with Crippen molar-refractivity contribution in [1.29, 1.82) is 0 Å². The van der Waals surface area contributed by atoms with Gasteiger partial charge in [-0.3, -0.25) is 4.79 Å². The summed E-state index contributed by atoms with van der Waals surface area (Å²) < 4.78 is 4.57. The minimum atomic E-state index is -0.642. The molecule has 0 heterocycles. The Morgan fingerprint density at radius 3 is 2.50 bits per heavy atom. The summed E-state index contributed by atoms with van der Waals surface area (Å²) in [6, 6.07) is -0.642. The zero-order chi connectivity index (χ0) is 12.6. The maximum atomic E-state index is 11.3. The number of aliphatic hydroxyl groups excluding tert-OH is 1. The Bertz CT molecular complexity index is 235. The highest BCUT2D eigenvalue weighted by molar-refractivity contribution is 7.99. The van der Waals surface area contributed by atoms with Gasteiger partial charge in [-0.25, -0.2) is 4.79 Å². The topological polar surface area (TPSA) is 75.6 Å². The molecule has 0 radical (unpaired) electrons. The predicted octanol–water partition coefficient (Wildman–Crippen LogP) is 0.168. The zero-order valence-corrected chi connectivity index (χ0v) is 10.7. The molecule has 2 N–H and O–H groups in total. The molecule has 0 saturated carbocycles. The number of thioether (sulfide) groups is 1. The van der Waals surface area contributed by atoms with Gasteiger partial charge in [0.25, 0.3) is 0 Å². The number of ether oxygens (including phenoxy) is 1. The molecule has 0 saturated heterocycles. The van der Waals surface area contributed by atoms with Gasteiger partial charge >= 0.3 is 5.97 Å². The van der Waals surface area contributed by atoms with Gasteiger partial charge in [0.2, 0.25) is 5.91 Å². The maximum Gasteiger partial charge on any atom is 0.329 e. The molecule has 6 heteroatoms. The average Bonchev–Trinajstić information content (AvgIpc) is 2.25. The Morgan fingerprint density at radius 2 is 2.06 bits per heavy atom. The van der Waals surface area contributed by atoms with Crippen molar-refractivity contribution in [2.75, 3.05) is 18.6 Å². The van der Waals surface area contributed by atoms with Crippen LogP contribution < -0.4 is 5.32 Å². The van der Waals surface area contributed by atoms with Gasteiger partial charge in [0.1, 0.15) is 6.04 Å². The van der Waals surface area contributed by atoms with E-state index in [1.807, 2.05) is 6.92 Å². The van der Waals surface area contributed by atoms with E-state index in [0.717, 1.165) is 0 Å². The van der Waals surface area contributed by atoms with E-state index in [-0.39, 0.29) is 12.0 Å². The fraction of sp³-hybridized carbons (Fsp3) is 0.800. The molecule has 5 nitrogen and oxygen atoms in total. The van der Waals surface area contributed by atoms with Gasteiger partial charge in [0.15, 0.2) is 0 Å². The Hall–Kier alpha value is -0.750. The van der Waals surface area contributed by atoms with Gasteiger partial charge < -0.3 is 15.2 Å². The van der Waals surface area contributed by atoms with Gasteiger partial charge in [-0.15, -0.1) is 0 Å². The second-order valence-corrected chi connectivity index (χ2v) is 4.45. The Kier molecular flexibility index (Phi) is 8.01. The summed E-state index contributed by atoms with van der Waals surface area (Å²) in [5, 5.41) is 11.8. The molecule has 0 aliphatic carbocycles. The minimum Gasteiger partial charge on any atom is -0.467 e. The summed E-state index contributed by atoms with van der Waals surface area (Å²) in [5.41, 5.74) is 0. The molecule has 2 unspecified atom stereocenters. The second-order valence-electron chi connectivity index (χ2n) is 3.38. The molecule has 0 bridgehead atoms. The molecule has 0 spiro atoms. The SMILES string of the molecule is CCC(O)CSCC(NC(C)=O)C(=O)OC.